The predicted octanol–water partition coefficient (Wildman–Crippen LogP) is 2.96. The Hall–Kier alpha value is -3.55. The minimum absolute atomic E-state index is 0.180. The van der Waals surface area contributed by atoms with Gasteiger partial charge in [-0.15, -0.1) is 5.10 Å². The van der Waals surface area contributed by atoms with Crippen LogP contribution in [0.3, 0.4) is 0 Å². The molecule has 144 valence electrons. The second-order valence-electron chi connectivity index (χ2n) is 6.43. The second kappa shape index (κ2) is 7.99. The molecule has 1 unspecified atom stereocenters. The van der Waals surface area contributed by atoms with Crippen LogP contribution in [0, 0.1) is 12.7 Å². The Balaban J connectivity index is 1.76. The number of benzene rings is 2. The number of amides is 1. The third kappa shape index (κ3) is 4.22. The van der Waals surface area contributed by atoms with Crippen LogP contribution in [0.5, 0.6) is 0 Å². The van der Waals surface area contributed by atoms with E-state index in [-0.39, 0.29) is 29.9 Å². The summed E-state index contributed by atoms with van der Waals surface area (Å²) < 4.78 is 14.5. The van der Waals surface area contributed by atoms with Crippen molar-refractivity contribution in [3.05, 3.63) is 82.4 Å². The molecule has 1 amide bonds. The molecular formula is C20H19FN4O3. The Kier molecular flexibility index (Phi) is 5.49. The Morgan fingerprint density at radius 3 is 2.39 bits per heavy atom. The first-order chi connectivity index (χ1) is 13.3. The van der Waals surface area contributed by atoms with Gasteiger partial charge in [0.25, 0.3) is 5.91 Å². The lowest BCUT2D eigenvalue weighted by atomic mass is 10.1. The van der Waals surface area contributed by atoms with E-state index in [2.05, 4.69) is 15.6 Å². The molecule has 1 heterocycles. The van der Waals surface area contributed by atoms with Crippen LogP contribution in [0.4, 0.5) is 4.39 Å². The third-order valence-corrected chi connectivity index (χ3v) is 4.37. The highest BCUT2D eigenvalue weighted by Crippen LogP contribution is 2.16. The number of nitrogens with one attached hydrogen (secondary N) is 1. The zero-order valence-electron chi connectivity index (χ0n) is 15.4. The summed E-state index contributed by atoms with van der Waals surface area (Å²) >= 11 is 0. The number of halogens is 1. The average Bonchev–Trinajstić information content (AvgIpc) is 3.03. The normalized spacial score (nSPS) is 11.8. The fraction of sp³-hybridized carbons (Fsp3) is 0.200. The first-order valence-electron chi connectivity index (χ1n) is 8.64. The zero-order valence-corrected chi connectivity index (χ0v) is 15.4. The number of hydrogen-bond acceptors (Lipinski definition) is 4. The molecule has 28 heavy (non-hydrogen) atoms. The molecule has 0 fully saturated rings. The SMILES string of the molecule is Cc1nnn(Cc2ccc(F)cc2)c1C(=O)NC(C)c1ccc(C(=O)O)cc1. The van der Waals surface area contributed by atoms with E-state index in [9.17, 15) is 14.0 Å². The molecule has 2 aromatic carbocycles. The molecule has 2 N–H and O–H groups in total. The van der Waals surface area contributed by atoms with Crippen molar-refractivity contribution in [1.82, 2.24) is 20.3 Å². The highest BCUT2D eigenvalue weighted by molar-refractivity contribution is 5.93. The highest BCUT2D eigenvalue weighted by atomic mass is 19.1. The number of aromatic nitrogens is 3. The van der Waals surface area contributed by atoms with Crippen LogP contribution in [0.15, 0.2) is 48.5 Å². The Morgan fingerprint density at radius 1 is 1.14 bits per heavy atom. The van der Waals surface area contributed by atoms with Gasteiger partial charge in [0.05, 0.1) is 23.8 Å². The maximum atomic E-state index is 13.1. The van der Waals surface area contributed by atoms with Gasteiger partial charge in [-0.1, -0.05) is 29.5 Å². The van der Waals surface area contributed by atoms with Gasteiger partial charge in [0, 0.05) is 0 Å². The van der Waals surface area contributed by atoms with Crippen molar-refractivity contribution in [2.24, 2.45) is 0 Å². The maximum Gasteiger partial charge on any atom is 0.335 e. The molecule has 8 heteroatoms. The van der Waals surface area contributed by atoms with E-state index < -0.39 is 5.97 Å². The Morgan fingerprint density at radius 2 is 1.79 bits per heavy atom. The van der Waals surface area contributed by atoms with E-state index >= 15 is 0 Å². The maximum absolute atomic E-state index is 13.1. The summed E-state index contributed by atoms with van der Waals surface area (Å²) in [4.78, 5) is 23.7. The molecular weight excluding hydrogens is 363 g/mol. The Bertz CT molecular complexity index is 997. The van der Waals surface area contributed by atoms with Crippen molar-refractivity contribution in [3.63, 3.8) is 0 Å². The molecule has 0 aliphatic heterocycles. The molecule has 3 rings (SSSR count). The van der Waals surface area contributed by atoms with Gasteiger partial charge in [-0.3, -0.25) is 4.79 Å². The molecule has 1 atom stereocenters. The van der Waals surface area contributed by atoms with Crippen LogP contribution in [0.2, 0.25) is 0 Å². The van der Waals surface area contributed by atoms with Crippen molar-refractivity contribution in [2.75, 3.05) is 0 Å². The average molecular weight is 382 g/mol. The van der Waals surface area contributed by atoms with Gasteiger partial charge in [-0.2, -0.15) is 0 Å². The monoisotopic (exact) mass is 382 g/mol. The van der Waals surface area contributed by atoms with Crippen molar-refractivity contribution < 1.29 is 19.1 Å². The molecule has 0 aliphatic rings. The molecule has 0 saturated heterocycles. The van der Waals surface area contributed by atoms with E-state index in [0.717, 1.165) is 11.1 Å². The fourth-order valence-corrected chi connectivity index (χ4v) is 2.82. The van der Waals surface area contributed by atoms with Crippen LogP contribution in [0.1, 0.15) is 50.6 Å². The van der Waals surface area contributed by atoms with Gasteiger partial charge < -0.3 is 10.4 Å². The van der Waals surface area contributed by atoms with Gasteiger partial charge in [0.1, 0.15) is 11.5 Å². The van der Waals surface area contributed by atoms with Gasteiger partial charge >= 0.3 is 5.97 Å². The van der Waals surface area contributed by atoms with Gasteiger partial charge in [0.2, 0.25) is 0 Å². The predicted molar refractivity (Wildman–Crippen MR) is 99.5 cm³/mol. The number of carbonyl (C=O) groups is 2. The quantitative estimate of drug-likeness (QED) is 0.683. The number of aromatic carboxylic acids is 1. The minimum atomic E-state index is -1.00. The molecule has 1 aromatic heterocycles. The van der Waals surface area contributed by atoms with Crippen molar-refractivity contribution in [2.45, 2.75) is 26.4 Å². The minimum Gasteiger partial charge on any atom is -0.478 e. The van der Waals surface area contributed by atoms with Gasteiger partial charge in [-0.05, 0) is 49.2 Å². The molecule has 7 nitrogen and oxygen atoms in total. The van der Waals surface area contributed by atoms with E-state index in [1.807, 2.05) is 0 Å². The number of carboxylic acids is 1. The topological polar surface area (TPSA) is 97.1 Å². The lowest BCUT2D eigenvalue weighted by Crippen LogP contribution is -2.29. The molecule has 0 radical (unpaired) electrons. The lowest BCUT2D eigenvalue weighted by molar-refractivity contribution is 0.0696. The van der Waals surface area contributed by atoms with E-state index in [1.165, 1.54) is 28.9 Å². The van der Waals surface area contributed by atoms with E-state index in [4.69, 9.17) is 5.11 Å². The first-order valence-corrected chi connectivity index (χ1v) is 8.64. The van der Waals surface area contributed by atoms with Crippen molar-refractivity contribution in [3.8, 4) is 0 Å². The fourth-order valence-electron chi connectivity index (χ4n) is 2.82. The van der Waals surface area contributed by atoms with Crippen LogP contribution >= 0.6 is 0 Å². The van der Waals surface area contributed by atoms with Crippen molar-refractivity contribution in [1.29, 1.82) is 0 Å². The smallest absolute Gasteiger partial charge is 0.335 e. The molecule has 0 bridgehead atoms. The Labute approximate surface area is 160 Å². The number of carboxylic acid groups (broad SMARTS) is 1. The summed E-state index contributed by atoms with van der Waals surface area (Å²) in [5.41, 5.74) is 2.54. The van der Waals surface area contributed by atoms with Gasteiger partial charge in [0.15, 0.2) is 0 Å². The lowest BCUT2D eigenvalue weighted by Gasteiger charge is -2.15. The van der Waals surface area contributed by atoms with Crippen LogP contribution in [-0.4, -0.2) is 32.0 Å². The number of aryl methyl sites for hydroxylation is 1. The number of nitrogens with zero attached hydrogens (tertiary/aromatic N) is 3. The molecule has 3 aromatic rings. The number of hydrogen-bond donors (Lipinski definition) is 2. The highest BCUT2D eigenvalue weighted by Gasteiger charge is 2.20. The van der Waals surface area contributed by atoms with E-state index in [1.54, 1.807) is 38.1 Å². The summed E-state index contributed by atoms with van der Waals surface area (Å²) in [5, 5.41) is 19.8. The van der Waals surface area contributed by atoms with Crippen LogP contribution < -0.4 is 5.32 Å². The molecule has 0 aliphatic carbocycles. The van der Waals surface area contributed by atoms with Crippen molar-refractivity contribution >= 4 is 11.9 Å². The van der Waals surface area contributed by atoms with Crippen LogP contribution in [0.25, 0.3) is 0 Å². The van der Waals surface area contributed by atoms with Crippen LogP contribution in [-0.2, 0) is 6.54 Å². The first kappa shape index (κ1) is 19.2. The van der Waals surface area contributed by atoms with Gasteiger partial charge in [-0.25, -0.2) is 13.9 Å². The number of carbonyl (C=O) groups excluding carboxylic acids is 1. The third-order valence-electron chi connectivity index (χ3n) is 4.37. The second-order valence-corrected chi connectivity index (χ2v) is 6.43. The molecule has 0 saturated carbocycles. The summed E-state index contributed by atoms with van der Waals surface area (Å²) in [7, 11) is 0. The van der Waals surface area contributed by atoms with E-state index in [0.29, 0.717) is 11.4 Å². The summed E-state index contributed by atoms with van der Waals surface area (Å²) in [6, 6.07) is 11.9. The largest absolute Gasteiger partial charge is 0.478 e. The molecule has 0 spiro atoms. The summed E-state index contributed by atoms with van der Waals surface area (Å²) in [5.74, 6) is -1.69. The number of rotatable bonds is 6. The standard InChI is InChI=1S/C20H19FN4O3/c1-12(15-5-7-16(8-6-15)20(27)28)22-19(26)18-13(2)23-24-25(18)11-14-3-9-17(21)10-4-14/h3-10,12H,11H2,1-2H3,(H,22,26)(H,27,28). The zero-order chi connectivity index (χ0) is 20.3. The summed E-state index contributed by atoms with van der Waals surface area (Å²) in [6.45, 7) is 3.78. The summed E-state index contributed by atoms with van der Waals surface area (Å²) in [6.07, 6.45) is 0.